The Kier molecular flexibility index (Phi) is 4.07. The normalized spacial score (nSPS) is 16.6. The molecule has 1 aliphatic heterocycles. The zero-order valence-electron chi connectivity index (χ0n) is 10.6. The molecule has 1 fully saturated rings. The summed E-state index contributed by atoms with van der Waals surface area (Å²) in [6.45, 7) is 2.29. The van der Waals surface area contributed by atoms with E-state index in [0.29, 0.717) is 29.4 Å². The van der Waals surface area contributed by atoms with Gasteiger partial charge < -0.3 is 16.0 Å². The minimum absolute atomic E-state index is 0.0780. The van der Waals surface area contributed by atoms with Crippen LogP contribution in [0.3, 0.4) is 0 Å². The Morgan fingerprint density at radius 1 is 1.53 bits per heavy atom. The minimum atomic E-state index is -0.585. The summed E-state index contributed by atoms with van der Waals surface area (Å²) < 4.78 is 0. The molecule has 0 aromatic heterocycles. The van der Waals surface area contributed by atoms with E-state index in [-0.39, 0.29) is 11.8 Å². The molecule has 0 saturated carbocycles. The van der Waals surface area contributed by atoms with Crippen LogP contribution < -0.4 is 16.0 Å². The highest BCUT2D eigenvalue weighted by atomic mass is 35.5. The van der Waals surface area contributed by atoms with Crippen molar-refractivity contribution in [2.45, 2.75) is 25.8 Å². The van der Waals surface area contributed by atoms with Gasteiger partial charge in [-0.25, -0.2) is 0 Å². The average molecular weight is 282 g/mol. The van der Waals surface area contributed by atoms with E-state index >= 15 is 0 Å². The van der Waals surface area contributed by atoms with Crippen LogP contribution in [0.15, 0.2) is 18.2 Å². The number of nitrogens with two attached hydrogens (primary N) is 1. The molecule has 102 valence electrons. The maximum atomic E-state index is 11.7. The highest BCUT2D eigenvalue weighted by Gasteiger charge is 2.23. The Labute approximate surface area is 116 Å². The second kappa shape index (κ2) is 5.59. The molecule has 1 unspecified atom stereocenters. The monoisotopic (exact) mass is 281 g/mol. The number of nitrogens with one attached hydrogen (secondary N) is 1. The fourth-order valence-corrected chi connectivity index (χ4v) is 2.25. The van der Waals surface area contributed by atoms with Gasteiger partial charge in [-0.15, -0.1) is 0 Å². The molecule has 1 saturated heterocycles. The van der Waals surface area contributed by atoms with Gasteiger partial charge in [0.1, 0.15) is 0 Å². The highest BCUT2D eigenvalue weighted by molar-refractivity contribution is 6.34. The molecular formula is C13H16ClN3O2. The van der Waals surface area contributed by atoms with Crippen LogP contribution in [-0.2, 0) is 9.59 Å². The van der Waals surface area contributed by atoms with Gasteiger partial charge in [-0.1, -0.05) is 11.6 Å². The van der Waals surface area contributed by atoms with Gasteiger partial charge in [0.25, 0.3) is 0 Å². The number of amides is 2. The molecule has 1 aliphatic rings. The summed E-state index contributed by atoms with van der Waals surface area (Å²) >= 11 is 6.16. The van der Waals surface area contributed by atoms with Crippen LogP contribution in [0.1, 0.15) is 19.8 Å². The van der Waals surface area contributed by atoms with Crippen molar-refractivity contribution in [1.29, 1.82) is 0 Å². The summed E-state index contributed by atoms with van der Waals surface area (Å²) in [5, 5.41) is 3.10. The maximum absolute atomic E-state index is 11.7. The van der Waals surface area contributed by atoms with Crippen LogP contribution in [0.4, 0.5) is 11.4 Å². The van der Waals surface area contributed by atoms with Crippen molar-refractivity contribution >= 4 is 34.8 Å². The minimum Gasteiger partial charge on any atom is -0.325 e. The summed E-state index contributed by atoms with van der Waals surface area (Å²) in [6, 6.07) is 4.50. The summed E-state index contributed by atoms with van der Waals surface area (Å²) in [5.41, 5.74) is 6.73. The van der Waals surface area contributed by atoms with Crippen molar-refractivity contribution in [2.75, 3.05) is 16.8 Å². The number of benzene rings is 1. The highest BCUT2D eigenvalue weighted by Crippen LogP contribution is 2.31. The third-order valence-corrected chi connectivity index (χ3v) is 3.30. The molecule has 2 amide bonds. The molecule has 0 radical (unpaired) electrons. The van der Waals surface area contributed by atoms with E-state index < -0.39 is 6.04 Å². The molecule has 2 rings (SSSR count). The van der Waals surface area contributed by atoms with Crippen molar-refractivity contribution in [2.24, 2.45) is 5.73 Å². The van der Waals surface area contributed by atoms with Crippen LogP contribution in [-0.4, -0.2) is 24.4 Å². The molecule has 1 aromatic rings. The van der Waals surface area contributed by atoms with Gasteiger partial charge in [0.2, 0.25) is 11.8 Å². The number of hydrogen-bond acceptors (Lipinski definition) is 3. The first-order chi connectivity index (χ1) is 8.99. The van der Waals surface area contributed by atoms with Crippen molar-refractivity contribution in [3.63, 3.8) is 0 Å². The lowest BCUT2D eigenvalue weighted by molar-refractivity contribution is -0.117. The molecule has 3 N–H and O–H groups in total. The topological polar surface area (TPSA) is 75.4 Å². The number of anilines is 2. The second-order valence-electron chi connectivity index (χ2n) is 4.59. The molecule has 5 nitrogen and oxygen atoms in total. The predicted molar refractivity (Wildman–Crippen MR) is 75.3 cm³/mol. The van der Waals surface area contributed by atoms with Crippen molar-refractivity contribution in [3.8, 4) is 0 Å². The number of halogens is 1. The number of carbonyl (C=O) groups excluding carboxylic acids is 2. The summed E-state index contributed by atoms with van der Waals surface area (Å²) in [7, 11) is 0. The SMILES string of the molecule is CC(N)C(=O)Nc1ccc(N2CCCC2=O)c(Cl)c1. The Hall–Kier alpha value is -1.59. The zero-order chi connectivity index (χ0) is 14.0. The first kappa shape index (κ1) is 13.8. The van der Waals surface area contributed by atoms with Gasteiger partial charge in [0, 0.05) is 18.7 Å². The Morgan fingerprint density at radius 3 is 2.79 bits per heavy atom. The fourth-order valence-electron chi connectivity index (χ4n) is 1.96. The lowest BCUT2D eigenvalue weighted by atomic mass is 10.2. The fraction of sp³-hybridized carbons (Fsp3) is 0.385. The molecule has 1 aromatic carbocycles. The summed E-state index contributed by atoms with van der Waals surface area (Å²) in [4.78, 5) is 24.8. The zero-order valence-corrected chi connectivity index (χ0v) is 11.4. The first-order valence-corrected chi connectivity index (χ1v) is 6.53. The Morgan fingerprint density at radius 2 is 2.26 bits per heavy atom. The molecule has 6 heteroatoms. The van der Waals surface area contributed by atoms with Crippen LogP contribution in [0, 0.1) is 0 Å². The lowest BCUT2D eigenvalue weighted by Gasteiger charge is -2.18. The Balaban J connectivity index is 2.17. The van der Waals surface area contributed by atoms with Crippen molar-refractivity contribution in [1.82, 2.24) is 0 Å². The number of rotatable bonds is 3. The van der Waals surface area contributed by atoms with E-state index in [2.05, 4.69) is 5.32 Å². The van der Waals surface area contributed by atoms with Gasteiger partial charge in [0.15, 0.2) is 0 Å². The van der Waals surface area contributed by atoms with Gasteiger partial charge in [-0.2, -0.15) is 0 Å². The van der Waals surface area contributed by atoms with Crippen LogP contribution >= 0.6 is 11.6 Å². The molecule has 1 atom stereocenters. The second-order valence-corrected chi connectivity index (χ2v) is 5.00. The van der Waals surface area contributed by atoms with Crippen LogP contribution in [0.2, 0.25) is 5.02 Å². The van der Waals surface area contributed by atoms with E-state index in [1.165, 1.54) is 0 Å². The smallest absolute Gasteiger partial charge is 0.240 e. The molecule has 0 aliphatic carbocycles. The maximum Gasteiger partial charge on any atom is 0.240 e. The van der Waals surface area contributed by atoms with E-state index in [0.717, 1.165) is 6.42 Å². The van der Waals surface area contributed by atoms with Gasteiger partial charge in [0.05, 0.1) is 16.8 Å². The molecule has 19 heavy (non-hydrogen) atoms. The predicted octanol–water partition coefficient (Wildman–Crippen LogP) is 1.75. The van der Waals surface area contributed by atoms with Gasteiger partial charge in [-0.3, -0.25) is 9.59 Å². The number of nitrogens with zero attached hydrogens (tertiary/aromatic N) is 1. The van der Waals surface area contributed by atoms with Gasteiger partial charge in [-0.05, 0) is 31.5 Å². The third kappa shape index (κ3) is 3.05. The molecule has 0 bridgehead atoms. The van der Waals surface area contributed by atoms with E-state index in [4.69, 9.17) is 17.3 Å². The molecule has 0 spiro atoms. The van der Waals surface area contributed by atoms with Crippen molar-refractivity contribution in [3.05, 3.63) is 23.2 Å². The van der Waals surface area contributed by atoms with E-state index in [9.17, 15) is 9.59 Å². The number of hydrogen-bond donors (Lipinski definition) is 2. The summed E-state index contributed by atoms with van der Waals surface area (Å²) in [6.07, 6.45) is 1.40. The average Bonchev–Trinajstić information content (AvgIpc) is 2.75. The standard InChI is InChI=1S/C13H16ClN3O2/c1-8(15)13(19)16-9-4-5-11(10(14)7-9)17-6-2-3-12(17)18/h4-5,7-8H,2-3,6,15H2,1H3,(H,16,19). The van der Waals surface area contributed by atoms with Gasteiger partial charge >= 0.3 is 0 Å². The molecule has 1 heterocycles. The van der Waals surface area contributed by atoms with E-state index in [1.54, 1.807) is 30.0 Å². The largest absolute Gasteiger partial charge is 0.325 e. The molecular weight excluding hydrogens is 266 g/mol. The lowest BCUT2D eigenvalue weighted by Crippen LogP contribution is -2.32. The third-order valence-electron chi connectivity index (χ3n) is 2.99. The summed E-state index contributed by atoms with van der Waals surface area (Å²) in [5.74, 6) is -0.199. The number of carbonyl (C=O) groups is 2. The van der Waals surface area contributed by atoms with Crippen molar-refractivity contribution < 1.29 is 9.59 Å². The van der Waals surface area contributed by atoms with E-state index in [1.807, 2.05) is 0 Å². The van der Waals surface area contributed by atoms with Crippen LogP contribution in [0.5, 0.6) is 0 Å². The van der Waals surface area contributed by atoms with Crippen LogP contribution in [0.25, 0.3) is 0 Å². The first-order valence-electron chi connectivity index (χ1n) is 6.15. The quantitative estimate of drug-likeness (QED) is 0.886. The Bertz CT molecular complexity index is 517.